The zero-order valence-corrected chi connectivity index (χ0v) is 8.82. The van der Waals surface area contributed by atoms with Crippen molar-refractivity contribution in [3.05, 3.63) is 42.0 Å². The highest BCUT2D eigenvalue weighted by atomic mass is 16.6. The summed E-state index contributed by atoms with van der Waals surface area (Å²) in [6.45, 7) is 6.13. The number of benzene rings is 1. The molecule has 1 unspecified atom stereocenters. The lowest BCUT2D eigenvalue weighted by atomic mass is 10.1. The van der Waals surface area contributed by atoms with Gasteiger partial charge in [-0.15, -0.1) is 0 Å². The fraction of sp³-hybridized carbons (Fsp3) is 0.385. The van der Waals surface area contributed by atoms with E-state index in [9.17, 15) is 0 Å². The minimum atomic E-state index is 0.458. The summed E-state index contributed by atoms with van der Waals surface area (Å²) in [5.41, 5.74) is 2.35. The molecule has 15 heavy (non-hydrogen) atoms. The lowest BCUT2D eigenvalue weighted by Gasteiger charge is -2.06. The first-order valence-corrected chi connectivity index (χ1v) is 5.30. The van der Waals surface area contributed by atoms with Crippen molar-refractivity contribution in [2.24, 2.45) is 0 Å². The Kier molecular flexibility index (Phi) is 3.54. The molecule has 0 bridgehead atoms. The second-order valence-corrected chi connectivity index (χ2v) is 3.70. The molecular weight excluding hydrogens is 188 g/mol. The van der Waals surface area contributed by atoms with Crippen LogP contribution in [-0.2, 0) is 16.1 Å². The van der Waals surface area contributed by atoms with E-state index >= 15 is 0 Å². The molecule has 0 aliphatic carbocycles. The van der Waals surface area contributed by atoms with Gasteiger partial charge in [-0.1, -0.05) is 36.9 Å². The van der Waals surface area contributed by atoms with Gasteiger partial charge in [-0.3, -0.25) is 0 Å². The molecule has 1 aromatic rings. The maximum absolute atomic E-state index is 5.59. The van der Waals surface area contributed by atoms with Crippen molar-refractivity contribution in [1.29, 1.82) is 0 Å². The Morgan fingerprint density at radius 1 is 1.47 bits per heavy atom. The molecule has 0 radical (unpaired) electrons. The van der Waals surface area contributed by atoms with Gasteiger partial charge in [0.1, 0.15) is 0 Å². The van der Waals surface area contributed by atoms with Crippen LogP contribution in [0.1, 0.15) is 17.5 Å². The van der Waals surface area contributed by atoms with Crippen LogP contribution in [0.5, 0.6) is 0 Å². The molecule has 2 rings (SSSR count). The molecule has 0 amide bonds. The highest BCUT2D eigenvalue weighted by Gasteiger charge is 2.21. The van der Waals surface area contributed by atoms with E-state index in [1.54, 1.807) is 0 Å². The normalized spacial score (nSPS) is 18.8. The van der Waals surface area contributed by atoms with E-state index in [2.05, 4.69) is 18.7 Å². The minimum absolute atomic E-state index is 0.458. The predicted molar refractivity (Wildman–Crippen MR) is 60.5 cm³/mol. The van der Waals surface area contributed by atoms with E-state index in [0.29, 0.717) is 12.7 Å². The van der Waals surface area contributed by atoms with E-state index in [1.807, 2.05) is 18.2 Å². The summed E-state index contributed by atoms with van der Waals surface area (Å²) in [5.74, 6) is 0. The van der Waals surface area contributed by atoms with E-state index in [1.165, 1.54) is 5.56 Å². The van der Waals surface area contributed by atoms with Crippen molar-refractivity contribution < 1.29 is 9.47 Å². The summed E-state index contributed by atoms with van der Waals surface area (Å²) in [5, 5.41) is 0. The van der Waals surface area contributed by atoms with Crippen molar-refractivity contribution in [2.45, 2.75) is 19.1 Å². The molecule has 1 heterocycles. The van der Waals surface area contributed by atoms with Crippen LogP contribution in [0.15, 0.2) is 30.8 Å². The largest absolute Gasteiger partial charge is 0.377 e. The van der Waals surface area contributed by atoms with Gasteiger partial charge in [-0.05, 0) is 17.5 Å². The molecule has 1 aromatic carbocycles. The quantitative estimate of drug-likeness (QED) is 0.525. The summed E-state index contributed by atoms with van der Waals surface area (Å²) in [6, 6.07) is 8.16. The summed E-state index contributed by atoms with van der Waals surface area (Å²) >= 11 is 0. The smallest absolute Gasteiger partial charge is 0.0831 e. The summed E-state index contributed by atoms with van der Waals surface area (Å²) in [7, 11) is 0. The van der Waals surface area contributed by atoms with Crippen molar-refractivity contribution in [3.8, 4) is 0 Å². The second-order valence-electron chi connectivity index (χ2n) is 3.70. The maximum atomic E-state index is 5.59. The van der Waals surface area contributed by atoms with Crippen LogP contribution in [0.4, 0.5) is 0 Å². The topological polar surface area (TPSA) is 21.8 Å². The van der Waals surface area contributed by atoms with E-state index in [-0.39, 0.29) is 0 Å². The number of hydrogen-bond donors (Lipinski definition) is 0. The fourth-order valence-corrected chi connectivity index (χ4v) is 1.50. The van der Waals surface area contributed by atoms with Crippen molar-refractivity contribution in [3.63, 3.8) is 0 Å². The van der Waals surface area contributed by atoms with Crippen molar-refractivity contribution in [2.75, 3.05) is 13.2 Å². The van der Waals surface area contributed by atoms with Crippen LogP contribution in [0.2, 0.25) is 0 Å². The first-order valence-electron chi connectivity index (χ1n) is 5.30. The van der Waals surface area contributed by atoms with E-state index in [4.69, 9.17) is 9.47 Å². The highest BCUT2D eigenvalue weighted by Crippen LogP contribution is 2.15. The van der Waals surface area contributed by atoms with E-state index < -0.39 is 0 Å². The average Bonchev–Trinajstić information content (AvgIpc) is 3.09. The van der Waals surface area contributed by atoms with E-state index in [0.717, 1.165) is 25.2 Å². The van der Waals surface area contributed by atoms with Gasteiger partial charge >= 0.3 is 0 Å². The Morgan fingerprint density at radius 3 is 3.00 bits per heavy atom. The molecule has 1 aliphatic rings. The van der Waals surface area contributed by atoms with Crippen LogP contribution in [0.25, 0.3) is 6.08 Å². The number of epoxide rings is 1. The average molecular weight is 204 g/mol. The third-order valence-corrected chi connectivity index (χ3v) is 2.52. The van der Waals surface area contributed by atoms with Gasteiger partial charge in [0.15, 0.2) is 0 Å². The first-order chi connectivity index (χ1) is 7.40. The Hall–Kier alpha value is -1.12. The lowest BCUT2D eigenvalue weighted by molar-refractivity contribution is 0.112. The monoisotopic (exact) mass is 204 g/mol. The standard InChI is InChI=1S/C13H16O2/c1-2-11-5-3-4-6-12(11)9-14-8-7-13-10-15-13/h2-6,13H,1,7-10H2. The minimum Gasteiger partial charge on any atom is -0.377 e. The molecule has 80 valence electrons. The fourth-order valence-electron chi connectivity index (χ4n) is 1.50. The van der Waals surface area contributed by atoms with Crippen molar-refractivity contribution >= 4 is 6.08 Å². The zero-order chi connectivity index (χ0) is 10.5. The molecule has 0 N–H and O–H groups in total. The van der Waals surface area contributed by atoms with Crippen LogP contribution >= 0.6 is 0 Å². The molecule has 1 saturated heterocycles. The van der Waals surface area contributed by atoms with Crippen LogP contribution in [0.3, 0.4) is 0 Å². The number of ether oxygens (including phenoxy) is 2. The summed E-state index contributed by atoms with van der Waals surface area (Å²) < 4.78 is 10.7. The Bertz CT molecular complexity index is 329. The number of hydrogen-bond acceptors (Lipinski definition) is 2. The Morgan fingerprint density at radius 2 is 2.27 bits per heavy atom. The third kappa shape index (κ3) is 3.18. The summed E-state index contributed by atoms with van der Waals surface area (Å²) in [6.07, 6.45) is 3.33. The molecular formula is C13H16O2. The maximum Gasteiger partial charge on any atom is 0.0831 e. The highest BCUT2D eigenvalue weighted by molar-refractivity contribution is 5.51. The molecule has 1 fully saturated rings. The molecule has 0 saturated carbocycles. The second kappa shape index (κ2) is 5.10. The van der Waals surface area contributed by atoms with Gasteiger partial charge in [-0.2, -0.15) is 0 Å². The molecule has 2 nitrogen and oxygen atoms in total. The van der Waals surface area contributed by atoms with Gasteiger partial charge in [0.05, 0.1) is 19.3 Å². The summed E-state index contributed by atoms with van der Waals surface area (Å²) in [4.78, 5) is 0. The van der Waals surface area contributed by atoms with Gasteiger partial charge in [-0.25, -0.2) is 0 Å². The zero-order valence-electron chi connectivity index (χ0n) is 8.82. The SMILES string of the molecule is C=Cc1ccccc1COCCC1CO1. The Balaban J connectivity index is 1.78. The molecule has 2 heteroatoms. The molecule has 0 spiro atoms. The predicted octanol–water partition coefficient (Wildman–Crippen LogP) is 2.64. The van der Waals surface area contributed by atoms with Crippen LogP contribution in [-0.4, -0.2) is 19.3 Å². The molecule has 0 aromatic heterocycles. The van der Waals surface area contributed by atoms with Crippen LogP contribution in [0, 0.1) is 0 Å². The van der Waals surface area contributed by atoms with Gasteiger partial charge in [0, 0.05) is 6.61 Å². The van der Waals surface area contributed by atoms with Gasteiger partial charge in [0.2, 0.25) is 0 Å². The van der Waals surface area contributed by atoms with Gasteiger partial charge in [0.25, 0.3) is 0 Å². The molecule has 1 aliphatic heterocycles. The third-order valence-electron chi connectivity index (χ3n) is 2.52. The van der Waals surface area contributed by atoms with Crippen LogP contribution < -0.4 is 0 Å². The number of rotatable bonds is 6. The molecule has 1 atom stereocenters. The Labute approximate surface area is 90.5 Å². The lowest BCUT2D eigenvalue weighted by Crippen LogP contribution is -2.00. The van der Waals surface area contributed by atoms with Gasteiger partial charge < -0.3 is 9.47 Å². The van der Waals surface area contributed by atoms with Crippen molar-refractivity contribution in [1.82, 2.24) is 0 Å². The first kappa shape index (κ1) is 10.4.